The van der Waals surface area contributed by atoms with Crippen molar-refractivity contribution < 1.29 is 57.1 Å². The smallest absolute Gasteiger partial charge is 0.253 e. The Labute approximate surface area is 247 Å². The molecule has 1 rings (SSSR count). The zero-order chi connectivity index (χ0) is 30.5. The lowest BCUT2D eigenvalue weighted by atomic mass is 10.3. The molecule has 0 bridgehead atoms. The molecule has 0 aromatic rings. The van der Waals surface area contributed by atoms with E-state index in [4.69, 9.17) is 43.6 Å². The van der Waals surface area contributed by atoms with E-state index in [1.165, 1.54) is 12.2 Å². The first-order chi connectivity index (χ1) is 20.5. The summed E-state index contributed by atoms with van der Waals surface area (Å²) in [6.45, 7) is 7.59. The molecule has 0 saturated carbocycles. The van der Waals surface area contributed by atoms with Crippen molar-refractivity contribution in [2.45, 2.75) is 19.3 Å². The second kappa shape index (κ2) is 27.3. The Kier molecular flexibility index (Phi) is 24.4. The van der Waals surface area contributed by atoms with Crippen molar-refractivity contribution in [3.8, 4) is 0 Å². The zero-order valence-corrected chi connectivity index (χ0v) is 24.4. The molecule has 0 unspecified atom stereocenters. The van der Waals surface area contributed by atoms with Crippen LogP contribution in [0.25, 0.3) is 0 Å². The van der Waals surface area contributed by atoms with E-state index in [9.17, 15) is 19.2 Å². The van der Waals surface area contributed by atoms with Gasteiger partial charge in [0.15, 0.2) is 0 Å². The molecule has 15 heteroatoms. The fourth-order valence-electron chi connectivity index (χ4n) is 3.21. The van der Waals surface area contributed by atoms with Crippen LogP contribution in [0, 0.1) is 0 Å². The Morgan fingerprint density at radius 1 is 0.571 bits per heavy atom. The molecule has 0 spiro atoms. The summed E-state index contributed by atoms with van der Waals surface area (Å²) in [5.41, 5.74) is 5.04. The molecular weight excluding hydrogens is 558 g/mol. The quantitative estimate of drug-likeness (QED) is 0.0713. The minimum atomic E-state index is -0.398. The predicted octanol–water partition coefficient (Wildman–Crippen LogP) is -1.18. The van der Waals surface area contributed by atoms with E-state index in [0.29, 0.717) is 125 Å². The normalized spacial score (nSPS) is 12.9. The summed E-state index contributed by atoms with van der Waals surface area (Å²) in [5, 5.41) is 2.67. The largest absolute Gasteiger partial charge is 0.379 e. The maximum Gasteiger partial charge on any atom is 0.253 e. The minimum Gasteiger partial charge on any atom is -0.379 e. The Hall–Kier alpha value is -2.50. The van der Waals surface area contributed by atoms with Gasteiger partial charge < -0.3 is 48.9 Å². The topological polar surface area (TPSA) is 183 Å². The Morgan fingerprint density at radius 2 is 0.929 bits per heavy atom. The van der Waals surface area contributed by atoms with E-state index >= 15 is 0 Å². The van der Waals surface area contributed by atoms with Crippen LogP contribution in [0.3, 0.4) is 0 Å². The molecule has 0 aliphatic carbocycles. The SMILES string of the molecule is NC(=O)CCCOCCOCCOCCOCCOCCOCCOCCOCCNC(=O)CCN1C(=O)C=CC1=O. The third-order valence-electron chi connectivity index (χ3n) is 5.35. The number of imide groups is 1. The monoisotopic (exact) mass is 605 g/mol. The van der Waals surface area contributed by atoms with Crippen molar-refractivity contribution in [1.29, 1.82) is 0 Å². The van der Waals surface area contributed by atoms with E-state index in [-0.39, 0.29) is 24.8 Å². The fraction of sp³-hybridized carbons (Fsp3) is 0.778. The third kappa shape index (κ3) is 23.1. The second-order valence-corrected chi connectivity index (χ2v) is 8.73. The van der Waals surface area contributed by atoms with E-state index in [1.54, 1.807) is 0 Å². The number of nitrogens with one attached hydrogen (secondary N) is 1. The van der Waals surface area contributed by atoms with E-state index in [0.717, 1.165) is 4.90 Å². The van der Waals surface area contributed by atoms with E-state index in [2.05, 4.69) is 5.32 Å². The molecule has 0 aromatic heterocycles. The van der Waals surface area contributed by atoms with Crippen molar-refractivity contribution in [3.05, 3.63) is 12.2 Å². The molecular formula is C27H47N3O12. The van der Waals surface area contributed by atoms with Gasteiger partial charge in [-0.15, -0.1) is 0 Å². The zero-order valence-electron chi connectivity index (χ0n) is 24.4. The van der Waals surface area contributed by atoms with Crippen molar-refractivity contribution >= 4 is 23.6 Å². The van der Waals surface area contributed by atoms with Gasteiger partial charge in [0, 0.05) is 44.7 Å². The highest BCUT2D eigenvalue weighted by atomic mass is 16.6. The van der Waals surface area contributed by atoms with Gasteiger partial charge in [0.05, 0.1) is 99.1 Å². The van der Waals surface area contributed by atoms with Crippen LogP contribution in [-0.2, 0) is 57.1 Å². The second-order valence-electron chi connectivity index (χ2n) is 8.73. The summed E-state index contributed by atoms with van der Waals surface area (Å²) in [5.74, 6) is -1.37. The lowest BCUT2D eigenvalue weighted by Gasteiger charge is -2.13. The molecule has 1 aliphatic rings. The lowest BCUT2D eigenvalue weighted by Crippen LogP contribution is -2.35. The number of hydrogen-bond donors (Lipinski definition) is 2. The maximum absolute atomic E-state index is 11.8. The molecule has 15 nitrogen and oxygen atoms in total. The van der Waals surface area contributed by atoms with Crippen molar-refractivity contribution in [3.63, 3.8) is 0 Å². The highest BCUT2D eigenvalue weighted by Crippen LogP contribution is 2.03. The standard InChI is InChI=1S/C27H47N3O12/c28-24(31)2-1-8-35-10-12-37-14-16-39-18-20-41-22-23-42-21-19-40-17-15-38-13-11-36-9-6-29-25(32)5-7-30-26(33)3-4-27(30)34/h3-4H,1-2,5-23H2,(H2,28,31)(H,29,32). The summed E-state index contributed by atoms with van der Waals surface area (Å²) >= 11 is 0. The molecule has 1 aliphatic heterocycles. The van der Waals surface area contributed by atoms with Gasteiger partial charge in [-0.1, -0.05) is 0 Å². The van der Waals surface area contributed by atoms with E-state index < -0.39 is 11.8 Å². The molecule has 0 saturated heterocycles. The number of primary amides is 1. The highest BCUT2D eigenvalue weighted by Gasteiger charge is 2.23. The van der Waals surface area contributed by atoms with Crippen molar-refractivity contribution in [1.82, 2.24) is 10.2 Å². The number of carbonyl (C=O) groups is 4. The Bertz CT molecular complexity index is 751. The van der Waals surface area contributed by atoms with Gasteiger partial charge in [-0.05, 0) is 6.42 Å². The fourth-order valence-corrected chi connectivity index (χ4v) is 3.21. The summed E-state index contributed by atoms with van der Waals surface area (Å²) in [7, 11) is 0. The lowest BCUT2D eigenvalue weighted by molar-refractivity contribution is -0.137. The number of nitrogens with two attached hydrogens (primary N) is 1. The molecule has 4 amide bonds. The number of carbonyl (C=O) groups excluding carboxylic acids is 4. The molecule has 0 fully saturated rings. The summed E-state index contributed by atoms with van der Waals surface area (Å²) in [6, 6.07) is 0. The average molecular weight is 606 g/mol. The van der Waals surface area contributed by atoms with Crippen LogP contribution in [0.4, 0.5) is 0 Å². The highest BCUT2D eigenvalue weighted by molar-refractivity contribution is 6.13. The van der Waals surface area contributed by atoms with Gasteiger partial charge in [-0.2, -0.15) is 0 Å². The number of hydrogen-bond acceptors (Lipinski definition) is 12. The minimum absolute atomic E-state index is 0.0518. The van der Waals surface area contributed by atoms with E-state index in [1.807, 2.05) is 0 Å². The van der Waals surface area contributed by atoms with Gasteiger partial charge in [0.25, 0.3) is 11.8 Å². The number of amides is 4. The third-order valence-corrected chi connectivity index (χ3v) is 5.35. The van der Waals surface area contributed by atoms with Crippen LogP contribution in [0.1, 0.15) is 19.3 Å². The van der Waals surface area contributed by atoms with Crippen LogP contribution in [0.15, 0.2) is 12.2 Å². The van der Waals surface area contributed by atoms with Crippen LogP contribution >= 0.6 is 0 Å². The van der Waals surface area contributed by atoms with Crippen molar-refractivity contribution in [2.75, 3.05) is 119 Å². The first kappa shape index (κ1) is 37.5. The predicted molar refractivity (Wildman–Crippen MR) is 148 cm³/mol. The molecule has 1 heterocycles. The van der Waals surface area contributed by atoms with Crippen LogP contribution in [0.5, 0.6) is 0 Å². The molecule has 0 aromatic carbocycles. The Morgan fingerprint density at radius 3 is 1.31 bits per heavy atom. The molecule has 242 valence electrons. The number of rotatable bonds is 31. The van der Waals surface area contributed by atoms with Crippen LogP contribution in [0.2, 0.25) is 0 Å². The number of nitrogens with zero attached hydrogens (tertiary/aromatic N) is 1. The van der Waals surface area contributed by atoms with Crippen LogP contribution < -0.4 is 11.1 Å². The Balaban J connectivity index is 1.67. The summed E-state index contributed by atoms with van der Waals surface area (Å²) in [4.78, 5) is 46.2. The van der Waals surface area contributed by atoms with Gasteiger partial charge in [0.1, 0.15) is 0 Å². The first-order valence-electron chi connectivity index (χ1n) is 14.2. The summed E-state index contributed by atoms with van der Waals surface area (Å²) < 4.78 is 43.2. The van der Waals surface area contributed by atoms with Gasteiger partial charge in [-0.3, -0.25) is 24.1 Å². The first-order valence-corrected chi connectivity index (χ1v) is 14.2. The van der Waals surface area contributed by atoms with Gasteiger partial charge >= 0.3 is 0 Å². The molecule has 42 heavy (non-hydrogen) atoms. The molecule has 3 N–H and O–H groups in total. The van der Waals surface area contributed by atoms with Gasteiger partial charge in [-0.25, -0.2) is 0 Å². The molecule has 0 radical (unpaired) electrons. The molecule has 0 atom stereocenters. The van der Waals surface area contributed by atoms with Crippen LogP contribution in [-0.4, -0.2) is 147 Å². The maximum atomic E-state index is 11.8. The average Bonchev–Trinajstić information content (AvgIpc) is 3.29. The summed E-state index contributed by atoms with van der Waals surface area (Å²) in [6.07, 6.45) is 3.39. The number of ether oxygens (including phenoxy) is 8. The van der Waals surface area contributed by atoms with Gasteiger partial charge in [0.2, 0.25) is 11.8 Å². The van der Waals surface area contributed by atoms with Crippen molar-refractivity contribution in [2.24, 2.45) is 5.73 Å².